The van der Waals surface area contributed by atoms with Crippen LogP contribution in [-0.4, -0.2) is 10.3 Å². The molecule has 0 aromatic carbocycles. The molecule has 9 heavy (non-hydrogen) atoms. The average molecular weight is 134 g/mol. The van der Waals surface area contributed by atoms with Gasteiger partial charge in [0, 0.05) is 0 Å². The van der Waals surface area contributed by atoms with E-state index >= 15 is 0 Å². The van der Waals surface area contributed by atoms with E-state index in [0.29, 0.717) is 0 Å². The third kappa shape index (κ3) is 1.04. The van der Waals surface area contributed by atoms with Gasteiger partial charge in [0.25, 0.3) is 6.43 Å². The first kappa shape index (κ1) is 6.12. The Balaban J connectivity index is 2.94. The van der Waals surface area contributed by atoms with Crippen molar-refractivity contribution in [3.63, 3.8) is 0 Å². The van der Waals surface area contributed by atoms with E-state index in [0.717, 1.165) is 0 Å². The normalized spacial score (nSPS) is 10.7. The fraction of sp³-hybridized carbons (Fsp3) is 0.500. The molecular formula is C4H4F2N2O. The molecule has 50 valence electrons. The molecule has 1 rings (SSSR count). The third-order valence-electron chi connectivity index (χ3n) is 0.894. The van der Waals surface area contributed by atoms with Crippen LogP contribution in [0.1, 0.15) is 17.8 Å². The lowest BCUT2D eigenvalue weighted by Gasteiger charge is -1.87. The highest BCUT2D eigenvalue weighted by Crippen LogP contribution is 2.17. The molecule has 0 unspecified atom stereocenters. The van der Waals surface area contributed by atoms with Crippen molar-refractivity contribution in [2.75, 3.05) is 0 Å². The lowest BCUT2D eigenvalue weighted by Crippen LogP contribution is -1.86. The first-order chi connectivity index (χ1) is 4.22. The van der Waals surface area contributed by atoms with Gasteiger partial charge in [-0.15, -0.1) is 0 Å². The van der Waals surface area contributed by atoms with Gasteiger partial charge >= 0.3 is 0 Å². The summed E-state index contributed by atoms with van der Waals surface area (Å²) >= 11 is 0. The van der Waals surface area contributed by atoms with Gasteiger partial charge in [0.1, 0.15) is 5.69 Å². The van der Waals surface area contributed by atoms with E-state index in [-0.39, 0.29) is 11.4 Å². The molecule has 0 fully saturated rings. The molecule has 0 spiro atoms. The second-order valence-electron chi connectivity index (χ2n) is 1.54. The number of aromatic nitrogens is 2. The minimum Gasteiger partial charge on any atom is -0.244 e. The smallest absolute Gasteiger partial charge is 0.244 e. The summed E-state index contributed by atoms with van der Waals surface area (Å²) in [7, 11) is 0. The number of nitrogens with zero attached hydrogens (tertiary/aromatic N) is 2. The van der Waals surface area contributed by atoms with E-state index < -0.39 is 6.43 Å². The van der Waals surface area contributed by atoms with Gasteiger partial charge in [-0.1, -0.05) is 5.16 Å². The van der Waals surface area contributed by atoms with Gasteiger partial charge < -0.3 is 0 Å². The molecule has 1 heterocycles. The zero-order valence-electron chi connectivity index (χ0n) is 4.64. The molecule has 0 aliphatic rings. The van der Waals surface area contributed by atoms with Gasteiger partial charge in [0.15, 0.2) is 5.69 Å². The Morgan fingerprint density at radius 2 is 2.11 bits per heavy atom. The molecule has 0 bridgehead atoms. The number of alkyl halides is 2. The third-order valence-corrected chi connectivity index (χ3v) is 0.894. The van der Waals surface area contributed by atoms with Crippen molar-refractivity contribution in [3.8, 4) is 0 Å². The fourth-order valence-corrected chi connectivity index (χ4v) is 0.436. The van der Waals surface area contributed by atoms with Crippen molar-refractivity contribution in [1.82, 2.24) is 10.3 Å². The Hall–Kier alpha value is -1.00. The van der Waals surface area contributed by atoms with Crippen LogP contribution in [0.15, 0.2) is 4.63 Å². The van der Waals surface area contributed by atoms with E-state index in [1.165, 1.54) is 6.92 Å². The quantitative estimate of drug-likeness (QED) is 0.581. The Labute approximate surface area is 49.6 Å². The topological polar surface area (TPSA) is 38.9 Å². The summed E-state index contributed by atoms with van der Waals surface area (Å²) in [6.45, 7) is 1.41. The first-order valence-electron chi connectivity index (χ1n) is 2.29. The lowest BCUT2D eigenvalue weighted by atomic mass is 10.4. The number of aryl methyl sites for hydroxylation is 1. The average Bonchev–Trinajstić information content (AvgIpc) is 2.13. The Morgan fingerprint density at radius 1 is 1.44 bits per heavy atom. The SMILES string of the molecule is Cc1nonc1C(F)F. The highest BCUT2D eigenvalue weighted by atomic mass is 19.3. The summed E-state index contributed by atoms with van der Waals surface area (Å²) in [4.78, 5) is 0. The van der Waals surface area contributed by atoms with Gasteiger partial charge in [0.05, 0.1) is 0 Å². The van der Waals surface area contributed by atoms with Crippen LogP contribution >= 0.6 is 0 Å². The largest absolute Gasteiger partial charge is 0.285 e. The summed E-state index contributed by atoms with van der Waals surface area (Å²) in [6.07, 6.45) is -2.59. The van der Waals surface area contributed by atoms with Crippen molar-refractivity contribution in [2.45, 2.75) is 13.3 Å². The molecule has 3 nitrogen and oxygen atoms in total. The van der Waals surface area contributed by atoms with Crippen LogP contribution in [0.4, 0.5) is 8.78 Å². The molecule has 0 saturated carbocycles. The maximum Gasteiger partial charge on any atom is 0.285 e. The van der Waals surface area contributed by atoms with E-state index in [1.807, 2.05) is 0 Å². The van der Waals surface area contributed by atoms with E-state index in [2.05, 4.69) is 14.9 Å². The van der Waals surface area contributed by atoms with Gasteiger partial charge in [0.2, 0.25) is 0 Å². The molecule has 0 atom stereocenters. The van der Waals surface area contributed by atoms with Crippen LogP contribution < -0.4 is 0 Å². The monoisotopic (exact) mass is 134 g/mol. The van der Waals surface area contributed by atoms with Gasteiger partial charge in [-0.05, 0) is 12.1 Å². The maximum absolute atomic E-state index is 11.7. The summed E-state index contributed by atoms with van der Waals surface area (Å²) in [5, 5.41) is 6.15. The standard InChI is InChI=1S/C4H4F2N2O/c1-2-3(4(5)6)8-9-7-2/h4H,1H3. The van der Waals surface area contributed by atoms with Crippen LogP contribution in [-0.2, 0) is 0 Å². The summed E-state index contributed by atoms with van der Waals surface area (Å²) in [6, 6.07) is 0. The Bertz CT molecular complexity index is 198. The molecule has 1 aromatic heterocycles. The molecule has 0 amide bonds. The highest BCUT2D eigenvalue weighted by Gasteiger charge is 2.15. The fourth-order valence-electron chi connectivity index (χ4n) is 0.436. The molecule has 5 heteroatoms. The maximum atomic E-state index is 11.7. The van der Waals surface area contributed by atoms with Crippen molar-refractivity contribution in [1.29, 1.82) is 0 Å². The molecule has 0 saturated heterocycles. The molecule has 0 aliphatic heterocycles. The molecule has 0 N–H and O–H groups in total. The predicted octanol–water partition coefficient (Wildman–Crippen LogP) is 1.32. The molecule has 0 radical (unpaired) electrons. The summed E-state index contributed by atoms with van der Waals surface area (Å²) in [5.74, 6) is 0. The Kier molecular flexibility index (Phi) is 1.42. The second-order valence-corrected chi connectivity index (χ2v) is 1.54. The van der Waals surface area contributed by atoms with Crippen molar-refractivity contribution >= 4 is 0 Å². The van der Waals surface area contributed by atoms with E-state index in [1.54, 1.807) is 0 Å². The molecular weight excluding hydrogens is 130 g/mol. The van der Waals surface area contributed by atoms with Crippen LogP contribution in [0.25, 0.3) is 0 Å². The number of hydrogen-bond donors (Lipinski definition) is 0. The zero-order chi connectivity index (χ0) is 6.85. The molecule has 0 aliphatic carbocycles. The van der Waals surface area contributed by atoms with Gasteiger partial charge in [-0.25, -0.2) is 13.4 Å². The van der Waals surface area contributed by atoms with Crippen LogP contribution in [0.2, 0.25) is 0 Å². The second kappa shape index (κ2) is 2.08. The number of halogens is 2. The first-order valence-corrected chi connectivity index (χ1v) is 2.29. The van der Waals surface area contributed by atoms with Gasteiger partial charge in [-0.3, -0.25) is 0 Å². The lowest BCUT2D eigenvalue weighted by molar-refractivity contribution is 0.138. The molecule has 1 aromatic rings. The van der Waals surface area contributed by atoms with Crippen molar-refractivity contribution < 1.29 is 13.4 Å². The van der Waals surface area contributed by atoms with E-state index in [4.69, 9.17) is 0 Å². The predicted molar refractivity (Wildman–Crippen MR) is 24.0 cm³/mol. The van der Waals surface area contributed by atoms with E-state index in [9.17, 15) is 8.78 Å². The van der Waals surface area contributed by atoms with Crippen molar-refractivity contribution in [2.24, 2.45) is 0 Å². The van der Waals surface area contributed by atoms with Crippen LogP contribution in [0.3, 0.4) is 0 Å². The minimum atomic E-state index is -2.59. The van der Waals surface area contributed by atoms with Crippen LogP contribution in [0.5, 0.6) is 0 Å². The summed E-state index contributed by atoms with van der Waals surface area (Å²) < 4.78 is 27.4. The minimum absolute atomic E-state index is 0.144. The number of rotatable bonds is 1. The summed E-state index contributed by atoms with van der Waals surface area (Å²) in [5.41, 5.74) is -0.236. The number of hydrogen-bond acceptors (Lipinski definition) is 3. The van der Waals surface area contributed by atoms with Crippen LogP contribution in [0, 0.1) is 6.92 Å². The van der Waals surface area contributed by atoms with Gasteiger partial charge in [-0.2, -0.15) is 0 Å². The highest BCUT2D eigenvalue weighted by molar-refractivity contribution is 5.05. The zero-order valence-corrected chi connectivity index (χ0v) is 4.64. The Morgan fingerprint density at radius 3 is 2.33 bits per heavy atom. The van der Waals surface area contributed by atoms with Crippen molar-refractivity contribution in [3.05, 3.63) is 11.4 Å².